The molecule has 1 heterocycles. The normalized spacial score (nSPS) is 18.5. The van der Waals surface area contributed by atoms with Gasteiger partial charge in [0.1, 0.15) is 0 Å². The van der Waals surface area contributed by atoms with Gasteiger partial charge in [-0.2, -0.15) is 0 Å². The van der Waals surface area contributed by atoms with Crippen LogP contribution < -0.4 is 58.2 Å². The molecule has 0 atom stereocenters. The number of nitrogens with zero attached hydrogens (tertiary/aromatic N) is 2. The Balaban J connectivity index is 0.000001000. The average molecular weight is 227 g/mol. The SMILES string of the molecule is CC(C)(C)N1[N-]CCC1=O.[Rb+]. The van der Waals surface area contributed by atoms with Crippen molar-refractivity contribution in [2.24, 2.45) is 0 Å². The molecule has 0 aromatic carbocycles. The van der Waals surface area contributed by atoms with Crippen LogP contribution in [0.15, 0.2) is 0 Å². The fourth-order valence-electron chi connectivity index (χ4n) is 1.02. The average Bonchev–Trinajstić information content (AvgIpc) is 2.11. The molecule has 3 nitrogen and oxygen atoms in total. The minimum Gasteiger partial charge on any atom is -0.565 e. The van der Waals surface area contributed by atoms with Crippen LogP contribution in [0.5, 0.6) is 0 Å². The van der Waals surface area contributed by atoms with E-state index >= 15 is 0 Å². The van der Waals surface area contributed by atoms with Crippen molar-refractivity contribution in [1.29, 1.82) is 0 Å². The number of hydrogen-bond acceptors (Lipinski definition) is 1. The van der Waals surface area contributed by atoms with Gasteiger partial charge in [-0.25, -0.2) is 0 Å². The molecule has 0 aromatic heterocycles. The maximum atomic E-state index is 11.1. The van der Waals surface area contributed by atoms with Crippen molar-refractivity contribution < 1.29 is 63.0 Å². The zero-order valence-electron chi connectivity index (χ0n) is 7.72. The smallest absolute Gasteiger partial charge is 0.565 e. The summed E-state index contributed by atoms with van der Waals surface area (Å²) >= 11 is 0. The van der Waals surface area contributed by atoms with Gasteiger partial charge in [-0.3, -0.25) is 4.79 Å². The van der Waals surface area contributed by atoms with Gasteiger partial charge in [0.2, 0.25) is 5.91 Å². The molecule has 11 heavy (non-hydrogen) atoms. The second kappa shape index (κ2) is 4.47. The predicted octanol–water partition coefficient (Wildman–Crippen LogP) is -1.69. The summed E-state index contributed by atoms with van der Waals surface area (Å²) in [5.41, 5.74) is 3.94. The first-order valence-electron chi connectivity index (χ1n) is 3.52. The number of carbonyl (C=O) groups is 1. The molecular weight excluding hydrogens is 214 g/mol. The summed E-state index contributed by atoms with van der Waals surface area (Å²) in [5, 5.41) is 1.58. The summed E-state index contributed by atoms with van der Waals surface area (Å²) in [6.45, 7) is 6.62. The zero-order chi connectivity index (χ0) is 7.78. The molecule has 1 rings (SSSR count). The van der Waals surface area contributed by atoms with Crippen molar-refractivity contribution in [2.45, 2.75) is 32.7 Å². The van der Waals surface area contributed by atoms with E-state index in [1.807, 2.05) is 20.8 Å². The third-order valence-electron chi connectivity index (χ3n) is 1.44. The molecule has 4 heteroatoms. The van der Waals surface area contributed by atoms with Crippen LogP contribution in [-0.2, 0) is 4.79 Å². The second-order valence-corrected chi connectivity index (χ2v) is 3.49. The fraction of sp³-hybridized carbons (Fsp3) is 0.857. The standard InChI is InChI=1S/C7H13N2O.Rb/c1-7(2,3)9-6(10)4-5-8-9;/h4-5H2,1-3H3;/q-1;+1. The molecule has 0 radical (unpaired) electrons. The summed E-state index contributed by atoms with van der Waals surface area (Å²) < 4.78 is 0. The number of amides is 1. The molecule has 1 saturated heterocycles. The van der Waals surface area contributed by atoms with Crippen molar-refractivity contribution in [2.75, 3.05) is 6.54 Å². The van der Waals surface area contributed by atoms with E-state index in [2.05, 4.69) is 5.43 Å². The van der Waals surface area contributed by atoms with E-state index in [9.17, 15) is 4.79 Å². The van der Waals surface area contributed by atoms with Crippen LogP contribution in [0, 0.1) is 0 Å². The van der Waals surface area contributed by atoms with Crippen molar-refractivity contribution in [3.05, 3.63) is 5.43 Å². The quantitative estimate of drug-likeness (QED) is 0.486. The van der Waals surface area contributed by atoms with E-state index in [1.165, 1.54) is 0 Å². The van der Waals surface area contributed by atoms with Gasteiger partial charge in [-0.15, -0.1) is 6.54 Å². The minimum absolute atomic E-state index is 0. The maximum Gasteiger partial charge on any atom is 1.00 e. The van der Waals surface area contributed by atoms with Crippen molar-refractivity contribution in [3.63, 3.8) is 0 Å². The molecule has 1 fully saturated rings. The van der Waals surface area contributed by atoms with Crippen molar-refractivity contribution in [1.82, 2.24) is 5.01 Å². The van der Waals surface area contributed by atoms with E-state index in [0.717, 1.165) is 0 Å². The molecular formula is C7H13N2ORb. The van der Waals surface area contributed by atoms with Crippen LogP contribution in [0.4, 0.5) is 0 Å². The summed E-state index contributed by atoms with van der Waals surface area (Å²) in [7, 11) is 0. The Kier molecular flexibility index (Phi) is 4.97. The number of carbonyl (C=O) groups excluding carboxylic acids is 1. The Morgan fingerprint density at radius 3 is 2.18 bits per heavy atom. The van der Waals surface area contributed by atoms with Crippen molar-refractivity contribution >= 4 is 5.91 Å². The molecule has 1 aliphatic heterocycles. The van der Waals surface area contributed by atoms with Gasteiger partial charge in [0.25, 0.3) is 0 Å². The van der Waals surface area contributed by atoms with E-state index < -0.39 is 0 Å². The van der Waals surface area contributed by atoms with Crippen LogP contribution >= 0.6 is 0 Å². The van der Waals surface area contributed by atoms with Gasteiger partial charge < -0.3 is 10.4 Å². The van der Waals surface area contributed by atoms with Crippen LogP contribution in [0.25, 0.3) is 5.43 Å². The fourth-order valence-corrected chi connectivity index (χ4v) is 1.02. The van der Waals surface area contributed by atoms with Crippen LogP contribution in [0.3, 0.4) is 0 Å². The topological polar surface area (TPSA) is 34.4 Å². The molecule has 1 aliphatic rings. The van der Waals surface area contributed by atoms with Gasteiger partial charge in [-0.05, 0) is 20.8 Å². The van der Waals surface area contributed by atoms with Gasteiger partial charge in [-0.1, -0.05) is 0 Å². The Morgan fingerprint density at radius 1 is 1.45 bits per heavy atom. The predicted molar refractivity (Wildman–Crippen MR) is 39.4 cm³/mol. The molecule has 0 saturated carbocycles. The summed E-state index contributed by atoms with van der Waals surface area (Å²) in [4.78, 5) is 11.1. The van der Waals surface area contributed by atoms with E-state index in [4.69, 9.17) is 0 Å². The number of rotatable bonds is 0. The number of hydrogen-bond donors (Lipinski definition) is 0. The van der Waals surface area contributed by atoms with Crippen LogP contribution in [0.1, 0.15) is 27.2 Å². The molecule has 0 aliphatic carbocycles. The largest absolute Gasteiger partial charge is 1.00 e. The molecule has 0 N–H and O–H groups in total. The molecule has 0 spiro atoms. The van der Waals surface area contributed by atoms with E-state index in [1.54, 1.807) is 5.01 Å². The first-order chi connectivity index (χ1) is 4.52. The minimum atomic E-state index is -0.131. The summed E-state index contributed by atoms with van der Waals surface area (Å²) in [5.74, 6) is 0.146. The Labute approximate surface area is 117 Å². The molecule has 1 amide bonds. The Hall–Kier alpha value is 1.24. The van der Waals surface area contributed by atoms with Crippen LogP contribution in [-0.4, -0.2) is 23.0 Å². The first kappa shape index (κ1) is 12.2. The van der Waals surface area contributed by atoms with Crippen molar-refractivity contribution in [3.8, 4) is 0 Å². The molecule has 58 valence electrons. The van der Waals surface area contributed by atoms with E-state index in [-0.39, 0.29) is 69.6 Å². The second-order valence-electron chi connectivity index (χ2n) is 3.49. The van der Waals surface area contributed by atoms with E-state index in [0.29, 0.717) is 13.0 Å². The molecule has 0 bridgehead atoms. The zero-order valence-corrected chi connectivity index (χ0v) is 12.6. The third-order valence-corrected chi connectivity index (χ3v) is 1.44. The molecule has 0 aromatic rings. The summed E-state index contributed by atoms with van der Waals surface area (Å²) in [6.07, 6.45) is 0.581. The molecule has 0 unspecified atom stereocenters. The van der Waals surface area contributed by atoms with Gasteiger partial charge in [0, 0.05) is 12.0 Å². The monoisotopic (exact) mass is 226 g/mol. The Morgan fingerprint density at radius 2 is 2.00 bits per heavy atom. The third kappa shape index (κ3) is 3.23. The summed E-state index contributed by atoms with van der Waals surface area (Å²) in [6, 6.07) is 0. The van der Waals surface area contributed by atoms with Crippen LogP contribution in [0.2, 0.25) is 0 Å². The first-order valence-corrected chi connectivity index (χ1v) is 3.52. The van der Waals surface area contributed by atoms with Gasteiger partial charge in [0.15, 0.2) is 0 Å². The Bertz CT molecular complexity index is 153. The van der Waals surface area contributed by atoms with Gasteiger partial charge >= 0.3 is 58.2 Å². The maximum absolute atomic E-state index is 11.1. The van der Waals surface area contributed by atoms with Gasteiger partial charge in [0.05, 0.1) is 0 Å².